The first-order valence-electron chi connectivity index (χ1n) is 7.41. The van der Waals surface area contributed by atoms with E-state index in [-0.39, 0.29) is 11.5 Å². The molecule has 0 saturated carbocycles. The molecule has 0 heterocycles. The van der Waals surface area contributed by atoms with Crippen LogP contribution < -0.4 is 5.32 Å². The van der Waals surface area contributed by atoms with Crippen LogP contribution in [0.1, 0.15) is 15.9 Å². The second-order valence-corrected chi connectivity index (χ2v) is 6.37. The smallest absolute Gasteiger partial charge is 0.266 e. The Hall–Kier alpha value is -2.91. The quantitative estimate of drug-likeness (QED) is 0.631. The van der Waals surface area contributed by atoms with Crippen molar-refractivity contribution < 1.29 is 9.59 Å². The van der Waals surface area contributed by atoms with Crippen LogP contribution in [-0.2, 0) is 4.79 Å². The molecule has 25 heavy (non-hydrogen) atoms. The number of carbonyl (C=O) groups is 2. The summed E-state index contributed by atoms with van der Waals surface area (Å²) in [4.78, 5) is 25.6. The van der Waals surface area contributed by atoms with E-state index >= 15 is 0 Å². The monoisotopic (exact) mass is 397 g/mol. The maximum absolute atomic E-state index is 12.3. The highest BCUT2D eigenvalue weighted by molar-refractivity contribution is 9.10. The number of nitrogens with zero attached hydrogens (tertiary/aromatic N) is 2. The van der Waals surface area contributed by atoms with Gasteiger partial charge in [-0.05, 0) is 48.0 Å². The molecule has 2 aromatic carbocycles. The molecule has 126 valence electrons. The Morgan fingerprint density at radius 2 is 1.84 bits per heavy atom. The van der Waals surface area contributed by atoms with E-state index in [0.29, 0.717) is 11.3 Å². The third kappa shape index (κ3) is 5.03. The van der Waals surface area contributed by atoms with Gasteiger partial charge < -0.3 is 10.2 Å². The van der Waals surface area contributed by atoms with Gasteiger partial charge in [0, 0.05) is 29.8 Å². The Kier molecular flexibility index (Phi) is 6.09. The van der Waals surface area contributed by atoms with Gasteiger partial charge in [-0.25, -0.2) is 0 Å². The Morgan fingerprint density at radius 1 is 1.16 bits per heavy atom. The van der Waals surface area contributed by atoms with Gasteiger partial charge in [-0.3, -0.25) is 9.59 Å². The van der Waals surface area contributed by atoms with E-state index < -0.39 is 5.91 Å². The zero-order valence-corrected chi connectivity index (χ0v) is 15.4. The summed E-state index contributed by atoms with van der Waals surface area (Å²) in [6.45, 7) is 0. The van der Waals surface area contributed by atoms with E-state index in [0.717, 1.165) is 10.0 Å². The number of carbonyl (C=O) groups excluding carboxylic acids is 2. The molecule has 0 unspecified atom stereocenters. The van der Waals surface area contributed by atoms with E-state index in [9.17, 15) is 14.9 Å². The van der Waals surface area contributed by atoms with Crippen molar-refractivity contribution in [2.45, 2.75) is 0 Å². The number of hydrogen-bond acceptors (Lipinski definition) is 3. The predicted octanol–water partition coefficient (Wildman–Crippen LogP) is 3.70. The Morgan fingerprint density at radius 3 is 2.40 bits per heavy atom. The number of halogens is 1. The molecule has 2 amide bonds. The van der Waals surface area contributed by atoms with Crippen molar-refractivity contribution >= 4 is 39.5 Å². The highest BCUT2D eigenvalue weighted by Gasteiger charge is 2.11. The van der Waals surface area contributed by atoms with Crippen LogP contribution in [0.3, 0.4) is 0 Å². The molecule has 0 bridgehead atoms. The van der Waals surface area contributed by atoms with Gasteiger partial charge in [-0.1, -0.05) is 28.1 Å². The number of rotatable bonds is 4. The van der Waals surface area contributed by atoms with E-state index in [1.807, 2.05) is 24.3 Å². The van der Waals surface area contributed by atoms with Gasteiger partial charge >= 0.3 is 0 Å². The van der Waals surface area contributed by atoms with Gasteiger partial charge in [0.1, 0.15) is 11.6 Å². The number of benzene rings is 2. The van der Waals surface area contributed by atoms with Crippen LogP contribution in [0.4, 0.5) is 5.69 Å². The molecule has 0 aromatic heterocycles. The Balaban J connectivity index is 2.15. The number of amides is 2. The Bertz CT molecular complexity index is 865. The minimum Gasteiger partial charge on any atom is -0.345 e. The SMILES string of the molecule is CN(C)C(=O)c1ccc(NC(=O)/C(C#N)=C/c2cccc(Br)c2)cc1. The molecule has 0 fully saturated rings. The summed E-state index contributed by atoms with van der Waals surface area (Å²) in [7, 11) is 3.34. The molecule has 2 rings (SSSR count). The van der Waals surface area contributed by atoms with Crippen LogP contribution in [0.5, 0.6) is 0 Å². The lowest BCUT2D eigenvalue weighted by Gasteiger charge is -2.10. The molecule has 0 aliphatic carbocycles. The fourth-order valence-corrected chi connectivity index (χ4v) is 2.48. The van der Waals surface area contributed by atoms with Crippen LogP contribution in [0.15, 0.2) is 58.6 Å². The van der Waals surface area contributed by atoms with E-state index in [2.05, 4.69) is 21.2 Å². The van der Waals surface area contributed by atoms with E-state index in [1.165, 1.54) is 11.0 Å². The number of nitrogens with one attached hydrogen (secondary N) is 1. The van der Waals surface area contributed by atoms with Crippen LogP contribution in [0, 0.1) is 11.3 Å². The fourth-order valence-electron chi connectivity index (χ4n) is 2.06. The van der Waals surface area contributed by atoms with Crippen LogP contribution >= 0.6 is 15.9 Å². The number of nitriles is 1. The van der Waals surface area contributed by atoms with E-state index in [1.54, 1.807) is 44.4 Å². The molecule has 5 nitrogen and oxygen atoms in total. The number of anilines is 1. The first kappa shape index (κ1) is 18.4. The lowest BCUT2D eigenvalue weighted by Crippen LogP contribution is -2.21. The van der Waals surface area contributed by atoms with Crippen LogP contribution in [0.2, 0.25) is 0 Å². The maximum atomic E-state index is 12.3. The van der Waals surface area contributed by atoms with Gasteiger partial charge in [0.25, 0.3) is 11.8 Å². The average molecular weight is 398 g/mol. The van der Waals surface area contributed by atoms with Gasteiger partial charge in [-0.15, -0.1) is 0 Å². The largest absolute Gasteiger partial charge is 0.345 e. The van der Waals surface area contributed by atoms with Crippen molar-refractivity contribution in [2.24, 2.45) is 0 Å². The summed E-state index contributed by atoms with van der Waals surface area (Å²) in [5, 5.41) is 11.9. The van der Waals surface area contributed by atoms with Crippen molar-refractivity contribution in [3.63, 3.8) is 0 Å². The van der Waals surface area contributed by atoms with Crippen molar-refractivity contribution in [3.8, 4) is 6.07 Å². The molecule has 0 atom stereocenters. The standard InChI is InChI=1S/C19H16BrN3O2/c1-23(2)19(25)14-6-8-17(9-7-14)22-18(24)15(12-21)10-13-4-3-5-16(20)11-13/h3-11H,1-2H3,(H,22,24)/b15-10+. The molecule has 1 N–H and O–H groups in total. The molecule has 0 aliphatic rings. The van der Waals surface area contributed by atoms with Crippen LogP contribution in [-0.4, -0.2) is 30.8 Å². The summed E-state index contributed by atoms with van der Waals surface area (Å²) < 4.78 is 0.861. The van der Waals surface area contributed by atoms with Gasteiger partial charge in [0.05, 0.1) is 0 Å². The molecule has 2 aromatic rings. The number of hydrogen-bond donors (Lipinski definition) is 1. The summed E-state index contributed by atoms with van der Waals surface area (Å²) in [6, 6.07) is 15.7. The first-order valence-corrected chi connectivity index (χ1v) is 8.20. The average Bonchev–Trinajstić information content (AvgIpc) is 2.59. The summed E-state index contributed by atoms with van der Waals surface area (Å²) in [5.41, 5.74) is 1.77. The molecule has 0 spiro atoms. The van der Waals surface area contributed by atoms with E-state index in [4.69, 9.17) is 0 Å². The summed E-state index contributed by atoms with van der Waals surface area (Å²) in [5.74, 6) is -0.626. The third-order valence-electron chi connectivity index (χ3n) is 3.32. The molecule has 0 saturated heterocycles. The predicted molar refractivity (Wildman–Crippen MR) is 101 cm³/mol. The highest BCUT2D eigenvalue weighted by atomic mass is 79.9. The van der Waals surface area contributed by atoms with Crippen molar-refractivity contribution in [1.82, 2.24) is 4.90 Å². The second-order valence-electron chi connectivity index (χ2n) is 5.46. The molecule has 6 heteroatoms. The highest BCUT2D eigenvalue weighted by Crippen LogP contribution is 2.16. The second kappa shape index (κ2) is 8.27. The molecular weight excluding hydrogens is 382 g/mol. The normalized spacial score (nSPS) is 10.7. The molecular formula is C19H16BrN3O2. The minimum absolute atomic E-state index is 0.00783. The summed E-state index contributed by atoms with van der Waals surface area (Å²) in [6.07, 6.45) is 1.52. The topological polar surface area (TPSA) is 73.2 Å². The Labute approximate surface area is 154 Å². The zero-order chi connectivity index (χ0) is 18.4. The van der Waals surface area contributed by atoms with Crippen molar-refractivity contribution in [3.05, 3.63) is 69.7 Å². The lowest BCUT2D eigenvalue weighted by molar-refractivity contribution is -0.112. The minimum atomic E-state index is -0.505. The van der Waals surface area contributed by atoms with Crippen molar-refractivity contribution in [2.75, 3.05) is 19.4 Å². The third-order valence-corrected chi connectivity index (χ3v) is 3.81. The maximum Gasteiger partial charge on any atom is 0.266 e. The fraction of sp³-hybridized carbons (Fsp3) is 0.105. The molecule has 0 radical (unpaired) electrons. The van der Waals surface area contributed by atoms with Gasteiger partial charge in [-0.2, -0.15) is 5.26 Å². The van der Waals surface area contributed by atoms with Crippen molar-refractivity contribution in [1.29, 1.82) is 5.26 Å². The molecule has 0 aliphatic heterocycles. The lowest BCUT2D eigenvalue weighted by atomic mass is 10.1. The summed E-state index contributed by atoms with van der Waals surface area (Å²) >= 11 is 3.35. The van der Waals surface area contributed by atoms with Gasteiger partial charge in [0.15, 0.2) is 0 Å². The zero-order valence-electron chi connectivity index (χ0n) is 13.8. The van der Waals surface area contributed by atoms with Crippen LogP contribution in [0.25, 0.3) is 6.08 Å². The van der Waals surface area contributed by atoms with Gasteiger partial charge in [0.2, 0.25) is 0 Å². The first-order chi connectivity index (χ1) is 11.9.